The molecule has 0 radical (unpaired) electrons. The SMILES string of the molecule is COc1cc2c(cc1Nc1ncc(Cl)c(Nc3ccc(O[C@@H]4CCOC4)cc3C)n1)CN(C)CC2. The molecule has 9 heteroatoms. The Hall–Kier alpha value is -3.07. The second kappa shape index (κ2) is 10.3. The molecule has 0 saturated carbocycles. The summed E-state index contributed by atoms with van der Waals surface area (Å²) in [5.41, 5.74) is 5.32. The normalized spacial score (nSPS) is 17.7. The van der Waals surface area contributed by atoms with Gasteiger partial charge in [-0.05, 0) is 67.4 Å². The van der Waals surface area contributed by atoms with Crippen LogP contribution in [0.15, 0.2) is 36.5 Å². The number of ether oxygens (including phenoxy) is 3. The third-order valence-corrected chi connectivity index (χ3v) is 6.63. The molecule has 1 saturated heterocycles. The number of rotatable bonds is 7. The molecule has 1 aromatic heterocycles. The molecule has 2 N–H and O–H groups in total. The van der Waals surface area contributed by atoms with Crippen LogP contribution in [0, 0.1) is 6.92 Å². The van der Waals surface area contributed by atoms with Gasteiger partial charge in [-0.2, -0.15) is 4.98 Å². The molecule has 1 atom stereocenters. The summed E-state index contributed by atoms with van der Waals surface area (Å²) in [6.07, 6.45) is 3.62. The van der Waals surface area contributed by atoms with E-state index in [1.54, 1.807) is 13.3 Å². The van der Waals surface area contributed by atoms with Crippen molar-refractivity contribution in [1.82, 2.24) is 14.9 Å². The van der Waals surface area contributed by atoms with Gasteiger partial charge < -0.3 is 29.7 Å². The average molecular weight is 496 g/mol. The zero-order valence-electron chi connectivity index (χ0n) is 20.2. The van der Waals surface area contributed by atoms with Crippen molar-refractivity contribution in [2.45, 2.75) is 32.4 Å². The van der Waals surface area contributed by atoms with Gasteiger partial charge in [0.2, 0.25) is 5.95 Å². The molecule has 35 heavy (non-hydrogen) atoms. The number of likely N-dealkylation sites (N-methyl/N-ethyl adjacent to an activating group) is 1. The molecule has 0 bridgehead atoms. The number of hydrogen-bond acceptors (Lipinski definition) is 8. The number of fused-ring (bicyclic) bond motifs is 1. The van der Waals surface area contributed by atoms with Crippen LogP contribution in [0.2, 0.25) is 5.02 Å². The first kappa shape index (κ1) is 23.7. The van der Waals surface area contributed by atoms with Crippen LogP contribution in [0.3, 0.4) is 0 Å². The minimum atomic E-state index is 0.110. The highest BCUT2D eigenvalue weighted by molar-refractivity contribution is 6.32. The fourth-order valence-corrected chi connectivity index (χ4v) is 4.54. The van der Waals surface area contributed by atoms with Crippen LogP contribution in [0.25, 0.3) is 0 Å². The molecule has 184 valence electrons. The number of methoxy groups -OCH3 is 1. The first-order valence-electron chi connectivity index (χ1n) is 11.8. The number of benzene rings is 2. The lowest BCUT2D eigenvalue weighted by molar-refractivity contribution is 0.141. The first-order chi connectivity index (χ1) is 17.0. The quantitative estimate of drug-likeness (QED) is 0.469. The highest BCUT2D eigenvalue weighted by Crippen LogP contribution is 2.34. The van der Waals surface area contributed by atoms with E-state index in [1.165, 1.54) is 11.1 Å². The molecular weight excluding hydrogens is 466 g/mol. The van der Waals surface area contributed by atoms with E-state index in [2.05, 4.69) is 44.7 Å². The fourth-order valence-electron chi connectivity index (χ4n) is 4.41. The van der Waals surface area contributed by atoms with Gasteiger partial charge in [0, 0.05) is 25.2 Å². The topological polar surface area (TPSA) is 80.8 Å². The van der Waals surface area contributed by atoms with E-state index in [-0.39, 0.29) is 6.10 Å². The zero-order valence-corrected chi connectivity index (χ0v) is 21.0. The van der Waals surface area contributed by atoms with Crippen LogP contribution in [0.5, 0.6) is 11.5 Å². The number of halogens is 1. The number of aromatic nitrogens is 2. The summed E-state index contributed by atoms with van der Waals surface area (Å²) in [6, 6.07) is 10.1. The van der Waals surface area contributed by atoms with Crippen LogP contribution in [0.1, 0.15) is 23.1 Å². The van der Waals surface area contributed by atoms with Gasteiger partial charge in [0.25, 0.3) is 0 Å². The van der Waals surface area contributed by atoms with Crippen molar-refractivity contribution in [2.24, 2.45) is 0 Å². The van der Waals surface area contributed by atoms with E-state index in [4.69, 9.17) is 25.8 Å². The van der Waals surface area contributed by atoms with E-state index in [0.29, 0.717) is 23.4 Å². The fraction of sp³-hybridized carbons (Fsp3) is 0.385. The lowest BCUT2D eigenvalue weighted by atomic mass is 9.99. The predicted octanol–water partition coefficient (Wildman–Crippen LogP) is 5.09. The van der Waals surface area contributed by atoms with Crippen LogP contribution in [0.4, 0.5) is 23.1 Å². The van der Waals surface area contributed by atoms with Gasteiger partial charge in [-0.15, -0.1) is 0 Å². The highest BCUT2D eigenvalue weighted by atomic mass is 35.5. The lowest BCUT2D eigenvalue weighted by Gasteiger charge is -2.26. The molecule has 0 unspecified atom stereocenters. The van der Waals surface area contributed by atoms with Gasteiger partial charge >= 0.3 is 0 Å². The van der Waals surface area contributed by atoms with Gasteiger partial charge in [-0.3, -0.25) is 0 Å². The Balaban J connectivity index is 1.34. The lowest BCUT2D eigenvalue weighted by Crippen LogP contribution is -2.26. The molecule has 8 nitrogen and oxygen atoms in total. The third kappa shape index (κ3) is 5.45. The van der Waals surface area contributed by atoms with Gasteiger partial charge in [-0.1, -0.05) is 11.6 Å². The number of aryl methyl sites for hydroxylation is 1. The van der Waals surface area contributed by atoms with Crippen LogP contribution in [-0.4, -0.2) is 54.9 Å². The maximum atomic E-state index is 6.43. The molecule has 2 aliphatic heterocycles. The molecule has 2 aromatic carbocycles. The van der Waals surface area contributed by atoms with Crippen molar-refractivity contribution in [3.63, 3.8) is 0 Å². The molecule has 2 aliphatic rings. The van der Waals surface area contributed by atoms with Gasteiger partial charge in [0.05, 0.1) is 32.2 Å². The molecular formula is C26H30ClN5O3. The molecule has 5 rings (SSSR count). The second-order valence-electron chi connectivity index (χ2n) is 9.03. The van der Waals surface area contributed by atoms with Gasteiger partial charge in [-0.25, -0.2) is 4.98 Å². The summed E-state index contributed by atoms with van der Waals surface area (Å²) in [7, 11) is 3.80. The van der Waals surface area contributed by atoms with Gasteiger partial charge in [0.1, 0.15) is 22.6 Å². The molecule has 3 heterocycles. The van der Waals surface area contributed by atoms with Crippen LogP contribution < -0.4 is 20.1 Å². The summed E-state index contributed by atoms with van der Waals surface area (Å²) >= 11 is 6.43. The van der Waals surface area contributed by atoms with E-state index in [1.807, 2.05) is 25.1 Å². The predicted molar refractivity (Wildman–Crippen MR) is 138 cm³/mol. The van der Waals surface area contributed by atoms with Crippen molar-refractivity contribution in [2.75, 3.05) is 44.5 Å². The van der Waals surface area contributed by atoms with E-state index in [9.17, 15) is 0 Å². The Kier molecular flexibility index (Phi) is 6.95. The standard InChI is InChI=1S/C26H30ClN5O3/c1-16-10-19(35-20-7-9-34-15-20)4-5-22(16)29-25-21(27)13-28-26(31-25)30-23-11-18-14-32(2)8-6-17(18)12-24(23)33-3/h4-5,10-13,20H,6-9,14-15H2,1-3H3,(H2,28,29,30,31)/t20-/m1/s1. The first-order valence-corrected chi connectivity index (χ1v) is 12.2. The number of nitrogens with zero attached hydrogens (tertiary/aromatic N) is 3. The maximum Gasteiger partial charge on any atom is 0.229 e. The summed E-state index contributed by atoms with van der Waals surface area (Å²) in [5.74, 6) is 2.53. The Morgan fingerprint density at radius 1 is 1.14 bits per heavy atom. The Morgan fingerprint density at radius 3 is 2.80 bits per heavy atom. The minimum Gasteiger partial charge on any atom is -0.495 e. The number of nitrogens with one attached hydrogen (secondary N) is 2. The van der Waals surface area contributed by atoms with Gasteiger partial charge in [0.15, 0.2) is 5.82 Å². The largest absolute Gasteiger partial charge is 0.495 e. The second-order valence-corrected chi connectivity index (χ2v) is 9.44. The van der Waals surface area contributed by atoms with E-state index >= 15 is 0 Å². The molecule has 3 aromatic rings. The Bertz CT molecular complexity index is 1220. The summed E-state index contributed by atoms with van der Waals surface area (Å²) in [6.45, 7) is 5.34. The zero-order chi connectivity index (χ0) is 24.4. The van der Waals surface area contributed by atoms with Crippen molar-refractivity contribution >= 4 is 34.7 Å². The van der Waals surface area contributed by atoms with Crippen LogP contribution >= 0.6 is 11.6 Å². The highest BCUT2D eigenvalue weighted by Gasteiger charge is 2.19. The van der Waals surface area contributed by atoms with E-state index < -0.39 is 0 Å². The molecule has 0 spiro atoms. The maximum absolute atomic E-state index is 6.43. The Morgan fingerprint density at radius 2 is 2.03 bits per heavy atom. The van der Waals surface area contributed by atoms with Crippen molar-refractivity contribution in [3.05, 3.63) is 58.2 Å². The van der Waals surface area contributed by atoms with E-state index in [0.717, 1.165) is 61.0 Å². The third-order valence-electron chi connectivity index (χ3n) is 6.36. The average Bonchev–Trinajstić information content (AvgIpc) is 3.35. The van der Waals surface area contributed by atoms with Crippen molar-refractivity contribution in [3.8, 4) is 11.5 Å². The van der Waals surface area contributed by atoms with Crippen molar-refractivity contribution in [1.29, 1.82) is 0 Å². The molecule has 1 fully saturated rings. The summed E-state index contributed by atoms with van der Waals surface area (Å²) in [4.78, 5) is 11.3. The Labute approximate surface area is 210 Å². The molecule has 0 amide bonds. The number of anilines is 4. The summed E-state index contributed by atoms with van der Waals surface area (Å²) in [5, 5.41) is 7.07. The number of hydrogen-bond donors (Lipinski definition) is 2. The van der Waals surface area contributed by atoms with Crippen LogP contribution in [-0.2, 0) is 17.7 Å². The smallest absolute Gasteiger partial charge is 0.229 e. The molecule has 0 aliphatic carbocycles. The summed E-state index contributed by atoms with van der Waals surface area (Å²) < 4.78 is 17.0. The monoisotopic (exact) mass is 495 g/mol. The minimum absolute atomic E-state index is 0.110. The van der Waals surface area contributed by atoms with Crippen molar-refractivity contribution < 1.29 is 14.2 Å².